The van der Waals surface area contributed by atoms with Gasteiger partial charge in [-0.15, -0.1) is 0 Å². The van der Waals surface area contributed by atoms with E-state index in [9.17, 15) is 9.90 Å². The zero-order valence-electron chi connectivity index (χ0n) is 14.0. The molecule has 0 unspecified atom stereocenters. The number of rotatable bonds is 6. The lowest BCUT2D eigenvalue weighted by Gasteiger charge is -2.34. The Morgan fingerprint density at radius 2 is 1.64 bits per heavy atom. The normalized spacial score (nSPS) is 13.4. The molecule has 0 spiro atoms. The van der Waals surface area contributed by atoms with Crippen molar-refractivity contribution in [1.29, 1.82) is 0 Å². The van der Waals surface area contributed by atoms with E-state index in [-0.39, 0.29) is 18.4 Å². The van der Waals surface area contributed by atoms with Crippen LogP contribution in [0.25, 0.3) is 0 Å². The summed E-state index contributed by atoms with van der Waals surface area (Å²) in [5, 5.41) is 20.4. The van der Waals surface area contributed by atoms with Crippen LogP contribution in [-0.4, -0.2) is 33.4 Å². The Balaban J connectivity index is 1.85. The molecule has 5 nitrogen and oxygen atoms in total. The Morgan fingerprint density at radius 1 is 1.08 bits per heavy atom. The van der Waals surface area contributed by atoms with Crippen molar-refractivity contribution in [2.75, 3.05) is 6.54 Å². The number of carbonyl (C=O) groups is 1. The summed E-state index contributed by atoms with van der Waals surface area (Å²) in [6, 6.07) is 21.2. The van der Waals surface area contributed by atoms with Gasteiger partial charge in [-0.25, -0.2) is 0 Å². The first-order valence-electron chi connectivity index (χ1n) is 8.18. The molecule has 1 aromatic heterocycles. The van der Waals surface area contributed by atoms with Gasteiger partial charge in [0.2, 0.25) is 0 Å². The number of hydrogen-bond acceptors (Lipinski definition) is 3. The fourth-order valence-electron chi connectivity index (χ4n) is 3.04. The fourth-order valence-corrected chi connectivity index (χ4v) is 3.04. The van der Waals surface area contributed by atoms with E-state index < -0.39 is 5.60 Å². The van der Waals surface area contributed by atoms with E-state index in [1.165, 1.54) is 6.20 Å². The number of aromatic amines is 1. The Bertz CT molecular complexity index is 760. The average molecular weight is 335 g/mol. The van der Waals surface area contributed by atoms with Crippen LogP contribution in [0.2, 0.25) is 0 Å². The molecule has 0 aliphatic rings. The van der Waals surface area contributed by atoms with Gasteiger partial charge in [0.25, 0.3) is 5.91 Å². The number of benzene rings is 2. The topological polar surface area (TPSA) is 78.0 Å². The third-order valence-electron chi connectivity index (χ3n) is 4.24. The Labute approximate surface area is 146 Å². The number of aromatic nitrogens is 2. The Hall–Kier alpha value is -2.92. The van der Waals surface area contributed by atoms with Crippen LogP contribution in [0.15, 0.2) is 72.9 Å². The monoisotopic (exact) mass is 335 g/mol. The third kappa shape index (κ3) is 3.95. The molecule has 0 bridgehead atoms. The zero-order chi connectivity index (χ0) is 17.7. The van der Waals surface area contributed by atoms with Crippen LogP contribution < -0.4 is 5.32 Å². The molecule has 0 radical (unpaired) electrons. The van der Waals surface area contributed by atoms with Crippen molar-refractivity contribution in [1.82, 2.24) is 15.5 Å². The van der Waals surface area contributed by atoms with Gasteiger partial charge in [-0.2, -0.15) is 5.10 Å². The van der Waals surface area contributed by atoms with E-state index >= 15 is 0 Å². The Morgan fingerprint density at radius 3 is 2.12 bits per heavy atom. The standard InChI is InChI=1S/C20H21N3O2/c1-20(25,14-21-19(24)17-12-13-22-23-17)18(15-8-4-2-5-9-15)16-10-6-3-7-11-16/h2-13,18,25H,14H2,1H3,(H,21,24)(H,22,23)/t20-/m0/s1. The van der Waals surface area contributed by atoms with Gasteiger partial charge in [-0.1, -0.05) is 60.7 Å². The number of carbonyl (C=O) groups excluding carboxylic acids is 1. The molecule has 0 saturated carbocycles. The van der Waals surface area contributed by atoms with Gasteiger partial charge in [0.1, 0.15) is 5.69 Å². The maximum absolute atomic E-state index is 12.2. The van der Waals surface area contributed by atoms with Gasteiger partial charge in [0.15, 0.2) is 0 Å². The first-order chi connectivity index (χ1) is 12.1. The fraction of sp³-hybridized carbons (Fsp3) is 0.200. The highest BCUT2D eigenvalue weighted by Crippen LogP contribution is 2.34. The van der Waals surface area contributed by atoms with Crippen molar-refractivity contribution in [2.24, 2.45) is 0 Å². The van der Waals surface area contributed by atoms with Gasteiger partial charge in [-0.3, -0.25) is 9.89 Å². The molecule has 3 N–H and O–H groups in total. The number of nitrogens with zero attached hydrogens (tertiary/aromatic N) is 1. The summed E-state index contributed by atoms with van der Waals surface area (Å²) >= 11 is 0. The maximum Gasteiger partial charge on any atom is 0.269 e. The van der Waals surface area contributed by atoms with Gasteiger partial charge < -0.3 is 10.4 Å². The second kappa shape index (κ2) is 7.32. The van der Waals surface area contributed by atoms with Crippen LogP contribution in [0.3, 0.4) is 0 Å². The Kier molecular flexibility index (Phi) is 4.95. The SMILES string of the molecule is C[C@](O)(CNC(=O)c1ccn[nH]1)C(c1ccccc1)c1ccccc1. The van der Waals surface area contributed by atoms with Crippen molar-refractivity contribution in [3.63, 3.8) is 0 Å². The van der Waals surface area contributed by atoms with Crippen LogP contribution in [0.4, 0.5) is 0 Å². The van der Waals surface area contributed by atoms with Gasteiger partial charge in [0, 0.05) is 18.7 Å². The summed E-state index contributed by atoms with van der Waals surface area (Å²) in [6.07, 6.45) is 1.52. The minimum Gasteiger partial charge on any atom is -0.387 e. The van der Waals surface area contributed by atoms with Crippen LogP contribution in [-0.2, 0) is 0 Å². The molecule has 5 heteroatoms. The number of amides is 1. The third-order valence-corrected chi connectivity index (χ3v) is 4.24. The number of nitrogens with one attached hydrogen (secondary N) is 2. The van der Waals surface area contributed by atoms with Crippen molar-refractivity contribution in [3.8, 4) is 0 Å². The second-order valence-corrected chi connectivity index (χ2v) is 6.26. The molecule has 25 heavy (non-hydrogen) atoms. The summed E-state index contributed by atoms with van der Waals surface area (Å²) in [4.78, 5) is 12.2. The minimum absolute atomic E-state index is 0.110. The molecule has 0 fully saturated rings. The summed E-state index contributed by atoms with van der Waals surface area (Å²) in [5.41, 5.74) is 1.19. The zero-order valence-corrected chi connectivity index (χ0v) is 14.0. The first-order valence-corrected chi connectivity index (χ1v) is 8.18. The highest BCUT2D eigenvalue weighted by Gasteiger charge is 2.34. The first kappa shape index (κ1) is 16.9. The van der Waals surface area contributed by atoms with Crippen LogP contribution in [0.1, 0.15) is 34.5 Å². The van der Waals surface area contributed by atoms with Gasteiger partial charge in [0.05, 0.1) is 5.60 Å². The molecule has 1 amide bonds. The molecule has 0 saturated heterocycles. The molecule has 2 aromatic carbocycles. The molecule has 3 aromatic rings. The number of H-pyrrole nitrogens is 1. The predicted molar refractivity (Wildman–Crippen MR) is 96.3 cm³/mol. The highest BCUT2D eigenvalue weighted by molar-refractivity contribution is 5.92. The predicted octanol–water partition coefficient (Wildman–Crippen LogP) is 2.72. The minimum atomic E-state index is -1.17. The van der Waals surface area contributed by atoms with Crippen molar-refractivity contribution in [2.45, 2.75) is 18.4 Å². The largest absolute Gasteiger partial charge is 0.387 e. The van der Waals surface area contributed by atoms with Crippen LogP contribution >= 0.6 is 0 Å². The smallest absolute Gasteiger partial charge is 0.269 e. The summed E-state index contributed by atoms with van der Waals surface area (Å²) in [7, 11) is 0. The second-order valence-electron chi connectivity index (χ2n) is 6.26. The lowest BCUT2D eigenvalue weighted by atomic mass is 9.78. The van der Waals surface area contributed by atoms with E-state index in [4.69, 9.17) is 0 Å². The van der Waals surface area contributed by atoms with Crippen molar-refractivity contribution >= 4 is 5.91 Å². The number of aliphatic hydroxyl groups is 1. The molecule has 0 aliphatic heterocycles. The van der Waals surface area contributed by atoms with Crippen LogP contribution in [0.5, 0.6) is 0 Å². The van der Waals surface area contributed by atoms with Crippen molar-refractivity contribution in [3.05, 3.63) is 89.7 Å². The molecule has 3 rings (SSSR count). The molecule has 1 atom stereocenters. The lowest BCUT2D eigenvalue weighted by molar-refractivity contribution is 0.0405. The van der Waals surface area contributed by atoms with E-state index in [2.05, 4.69) is 15.5 Å². The quantitative estimate of drug-likeness (QED) is 0.648. The van der Waals surface area contributed by atoms with E-state index in [0.717, 1.165) is 11.1 Å². The van der Waals surface area contributed by atoms with Gasteiger partial charge in [-0.05, 0) is 24.1 Å². The maximum atomic E-state index is 12.2. The molecule has 128 valence electrons. The van der Waals surface area contributed by atoms with E-state index in [1.54, 1.807) is 13.0 Å². The lowest BCUT2D eigenvalue weighted by Crippen LogP contribution is -2.45. The van der Waals surface area contributed by atoms with Gasteiger partial charge >= 0.3 is 0 Å². The van der Waals surface area contributed by atoms with E-state index in [0.29, 0.717) is 5.69 Å². The summed E-state index contributed by atoms with van der Waals surface area (Å²) in [5.74, 6) is -0.561. The molecular weight excluding hydrogens is 314 g/mol. The molecular formula is C20H21N3O2. The highest BCUT2D eigenvalue weighted by atomic mass is 16.3. The summed E-state index contributed by atoms with van der Waals surface area (Å²) in [6.45, 7) is 1.85. The average Bonchev–Trinajstić information content (AvgIpc) is 3.16. The molecule has 1 heterocycles. The van der Waals surface area contributed by atoms with E-state index in [1.807, 2.05) is 60.7 Å². The number of hydrogen-bond donors (Lipinski definition) is 3. The summed E-state index contributed by atoms with van der Waals surface area (Å²) < 4.78 is 0. The van der Waals surface area contributed by atoms with Crippen LogP contribution in [0, 0.1) is 0 Å². The molecule has 0 aliphatic carbocycles. The van der Waals surface area contributed by atoms with Crippen molar-refractivity contribution < 1.29 is 9.90 Å².